The molecule has 1 aliphatic heterocycles. The van der Waals surface area contributed by atoms with Crippen molar-refractivity contribution in [2.45, 2.75) is 37.4 Å². The summed E-state index contributed by atoms with van der Waals surface area (Å²) in [6, 6.07) is 4.45. The van der Waals surface area contributed by atoms with Gasteiger partial charge in [-0.05, 0) is 31.2 Å². The van der Waals surface area contributed by atoms with E-state index in [1.54, 1.807) is 6.07 Å². The number of sulfonamides is 1. The Bertz CT molecular complexity index is 1030. The van der Waals surface area contributed by atoms with E-state index in [1.807, 2.05) is 0 Å². The molecular formula is C17H20ClF3N4O5S2. The van der Waals surface area contributed by atoms with Crippen LogP contribution < -0.4 is 14.8 Å². The minimum absolute atomic E-state index is 0.00762. The molecule has 3 rings (SSSR count). The van der Waals surface area contributed by atoms with Gasteiger partial charge in [0.2, 0.25) is 5.13 Å². The smallest absolute Gasteiger partial charge is 0.488 e. The number of benzene rings is 1. The molecule has 32 heavy (non-hydrogen) atoms. The normalized spacial score (nSPS) is 18.2. The molecule has 1 aromatic heterocycles. The second-order valence-electron chi connectivity index (χ2n) is 7.31. The van der Waals surface area contributed by atoms with Crippen molar-refractivity contribution >= 4 is 44.3 Å². The number of carboxylic acid groups (broad SMARTS) is 1. The first-order valence-corrected chi connectivity index (χ1v) is 11.6. The van der Waals surface area contributed by atoms with E-state index in [0.29, 0.717) is 5.75 Å². The minimum Gasteiger partial charge on any atom is -0.488 e. The molecule has 15 heteroatoms. The monoisotopic (exact) mass is 516 g/mol. The molecule has 178 valence electrons. The number of nitrogens with one attached hydrogen (secondary N) is 2. The van der Waals surface area contributed by atoms with Crippen molar-refractivity contribution in [1.82, 2.24) is 14.7 Å². The number of carbonyl (C=O) groups is 1. The predicted octanol–water partition coefficient (Wildman–Crippen LogP) is 3.39. The lowest BCUT2D eigenvalue weighted by Crippen LogP contribution is -2.48. The fourth-order valence-electron chi connectivity index (χ4n) is 2.66. The van der Waals surface area contributed by atoms with Gasteiger partial charge in [-0.3, -0.25) is 4.72 Å². The number of aromatic nitrogens is 2. The third-order valence-electron chi connectivity index (χ3n) is 4.34. The number of halogens is 4. The Balaban J connectivity index is 0.000000451. The van der Waals surface area contributed by atoms with Gasteiger partial charge in [-0.25, -0.2) is 18.2 Å². The highest BCUT2D eigenvalue weighted by Gasteiger charge is 2.38. The number of aliphatic carboxylic acids is 1. The molecule has 0 saturated carbocycles. The second-order valence-corrected chi connectivity index (χ2v) is 10.2. The van der Waals surface area contributed by atoms with E-state index in [4.69, 9.17) is 26.2 Å². The van der Waals surface area contributed by atoms with Crippen molar-refractivity contribution in [3.8, 4) is 5.75 Å². The van der Waals surface area contributed by atoms with Gasteiger partial charge in [0.05, 0.1) is 9.92 Å². The number of alkyl halides is 3. The molecule has 1 fully saturated rings. The molecule has 1 atom stereocenters. The van der Waals surface area contributed by atoms with Crippen LogP contribution in [0.4, 0.5) is 18.3 Å². The topological polar surface area (TPSA) is 131 Å². The van der Waals surface area contributed by atoms with Crippen LogP contribution in [0.15, 0.2) is 29.4 Å². The number of piperidine rings is 1. The molecule has 0 amide bonds. The van der Waals surface area contributed by atoms with Crippen LogP contribution in [0, 0.1) is 5.41 Å². The first-order valence-electron chi connectivity index (χ1n) is 8.99. The van der Waals surface area contributed by atoms with Crippen LogP contribution in [0.25, 0.3) is 0 Å². The molecule has 0 spiro atoms. The van der Waals surface area contributed by atoms with Crippen molar-refractivity contribution in [1.29, 1.82) is 0 Å². The quantitative estimate of drug-likeness (QED) is 0.551. The highest BCUT2D eigenvalue weighted by atomic mass is 35.5. The summed E-state index contributed by atoms with van der Waals surface area (Å²) in [5, 5.41) is 10.9. The van der Waals surface area contributed by atoms with Crippen LogP contribution >= 0.6 is 23.1 Å². The van der Waals surface area contributed by atoms with Crippen LogP contribution in [0.5, 0.6) is 5.75 Å². The first kappa shape index (κ1) is 26.1. The maximum absolute atomic E-state index is 12.4. The molecule has 9 nitrogen and oxygen atoms in total. The van der Waals surface area contributed by atoms with Gasteiger partial charge in [0, 0.05) is 23.5 Å². The lowest BCUT2D eigenvalue weighted by atomic mass is 9.82. The zero-order valence-corrected chi connectivity index (χ0v) is 19.2. The average Bonchev–Trinajstić information content (AvgIpc) is 3.16. The third-order valence-corrected chi connectivity index (χ3v) is 6.69. The van der Waals surface area contributed by atoms with E-state index in [-0.39, 0.29) is 26.6 Å². The maximum atomic E-state index is 12.4. The fraction of sp³-hybridized carbons (Fsp3) is 0.471. The minimum atomic E-state index is -5.08. The molecular weight excluding hydrogens is 497 g/mol. The Morgan fingerprint density at radius 1 is 1.41 bits per heavy atom. The van der Waals surface area contributed by atoms with Gasteiger partial charge in [-0.2, -0.15) is 17.5 Å². The Morgan fingerprint density at radius 3 is 2.56 bits per heavy atom. The highest BCUT2D eigenvalue weighted by Crippen LogP contribution is 2.34. The van der Waals surface area contributed by atoms with Crippen molar-refractivity contribution in [2.24, 2.45) is 5.41 Å². The van der Waals surface area contributed by atoms with Crippen molar-refractivity contribution in [2.75, 3.05) is 17.8 Å². The summed E-state index contributed by atoms with van der Waals surface area (Å²) >= 11 is 7.23. The van der Waals surface area contributed by atoms with Crippen molar-refractivity contribution < 1.29 is 36.2 Å². The summed E-state index contributed by atoms with van der Waals surface area (Å²) in [5.41, 5.74) is -0.0360. The summed E-state index contributed by atoms with van der Waals surface area (Å²) < 4.78 is 68.7. The summed E-state index contributed by atoms with van der Waals surface area (Å²) in [7, 11) is -3.77. The predicted molar refractivity (Wildman–Crippen MR) is 112 cm³/mol. The number of ether oxygens (including phenoxy) is 1. The van der Waals surface area contributed by atoms with E-state index < -0.39 is 22.2 Å². The summed E-state index contributed by atoms with van der Waals surface area (Å²) in [4.78, 5) is 12.8. The van der Waals surface area contributed by atoms with Gasteiger partial charge in [0.15, 0.2) is 0 Å². The van der Waals surface area contributed by atoms with Crippen LogP contribution in [0.1, 0.15) is 20.3 Å². The maximum Gasteiger partial charge on any atom is 0.490 e. The number of nitrogens with zero attached hydrogens (tertiary/aromatic N) is 2. The Hall–Kier alpha value is -2.16. The van der Waals surface area contributed by atoms with E-state index in [9.17, 15) is 21.6 Å². The van der Waals surface area contributed by atoms with E-state index in [2.05, 4.69) is 33.2 Å². The molecule has 0 radical (unpaired) electrons. The molecule has 0 aliphatic carbocycles. The van der Waals surface area contributed by atoms with Crippen LogP contribution in [-0.4, -0.2) is 54.2 Å². The van der Waals surface area contributed by atoms with E-state index in [1.165, 1.54) is 18.5 Å². The Kier molecular flexibility index (Phi) is 8.31. The highest BCUT2D eigenvalue weighted by molar-refractivity contribution is 7.93. The van der Waals surface area contributed by atoms with Gasteiger partial charge in [-0.15, -0.1) is 0 Å². The summed E-state index contributed by atoms with van der Waals surface area (Å²) in [5.74, 6) is -2.27. The summed E-state index contributed by atoms with van der Waals surface area (Å²) in [6.07, 6.45) is -2.93. The zero-order chi connectivity index (χ0) is 24.2. The average molecular weight is 517 g/mol. The fourth-order valence-corrected chi connectivity index (χ4v) is 4.63. The molecule has 1 aliphatic rings. The lowest BCUT2D eigenvalue weighted by molar-refractivity contribution is -0.192. The van der Waals surface area contributed by atoms with Gasteiger partial charge < -0.3 is 15.2 Å². The molecule has 2 heterocycles. The van der Waals surface area contributed by atoms with Gasteiger partial charge in [0.25, 0.3) is 10.0 Å². The molecule has 1 aromatic carbocycles. The number of anilines is 1. The van der Waals surface area contributed by atoms with Gasteiger partial charge in [-0.1, -0.05) is 25.4 Å². The number of rotatable bonds is 5. The SMILES string of the molecule is CC1(C)CNCCC1Oc1ccc(S(=O)(=O)Nc2ncns2)cc1Cl.O=C(O)C(F)(F)F. The molecule has 1 saturated heterocycles. The standard InChI is InChI=1S/C15H19ClN4O3S2.C2HF3O2/c1-15(2)8-17-6-5-13(15)23-12-4-3-10(7-11(12)16)25(21,22)20-14-18-9-19-24-14;3-2(4,5)1(6)7/h3-4,7,9,13,17H,5-6,8H2,1-2H3,(H,18,19,20);(H,6,7). The third kappa shape index (κ3) is 7.18. The lowest BCUT2D eigenvalue weighted by Gasteiger charge is -2.39. The zero-order valence-electron chi connectivity index (χ0n) is 16.8. The van der Waals surface area contributed by atoms with Crippen molar-refractivity contribution in [3.63, 3.8) is 0 Å². The molecule has 3 N–H and O–H groups in total. The number of carboxylic acids is 1. The van der Waals surface area contributed by atoms with Crippen molar-refractivity contribution in [3.05, 3.63) is 29.5 Å². The van der Waals surface area contributed by atoms with Gasteiger partial charge >= 0.3 is 12.1 Å². The first-order chi connectivity index (χ1) is 14.7. The van der Waals surface area contributed by atoms with E-state index >= 15 is 0 Å². The summed E-state index contributed by atoms with van der Waals surface area (Å²) in [6.45, 7) is 5.99. The molecule has 0 bridgehead atoms. The van der Waals surface area contributed by atoms with Crippen LogP contribution in [0.3, 0.4) is 0 Å². The Labute approximate surface area is 191 Å². The molecule has 1 unspecified atom stereocenters. The largest absolute Gasteiger partial charge is 0.490 e. The van der Waals surface area contributed by atoms with Crippen LogP contribution in [-0.2, 0) is 14.8 Å². The Morgan fingerprint density at radius 2 is 2.06 bits per heavy atom. The van der Waals surface area contributed by atoms with Crippen LogP contribution in [0.2, 0.25) is 5.02 Å². The van der Waals surface area contributed by atoms with Gasteiger partial charge in [0.1, 0.15) is 18.2 Å². The molecule has 2 aromatic rings. The number of hydrogen-bond donors (Lipinski definition) is 3. The second kappa shape index (κ2) is 10.2. The number of hydrogen-bond acceptors (Lipinski definition) is 8. The van der Waals surface area contributed by atoms with E-state index in [0.717, 1.165) is 31.0 Å².